The normalized spacial score (nSPS) is 11.1. The molecule has 0 spiro atoms. The number of azo groups is 1. The number of nitrogens with zero attached hydrogens (tertiary/aromatic N) is 2. The van der Waals surface area contributed by atoms with Gasteiger partial charge in [0.05, 0.1) is 12.3 Å². The standard InChI is InChI=1S/C17H15N3O2/c1-2-22-17(21)16-15(13-10-6-7-11-14(13)18-16)20-19-12-8-4-3-5-9-12/h3-11,18H,2H2,1H3. The van der Waals surface area contributed by atoms with E-state index in [1.54, 1.807) is 6.92 Å². The molecular weight excluding hydrogens is 278 g/mol. The van der Waals surface area contributed by atoms with Crippen molar-refractivity contribution in [1.29, 1.82) is 0 Å². The van der Waals surface area contributed by atoms with Crippen LogP contribution < -0.4 is 0 Å². The topological polar surface area (TPSA) is 66.8 Å². The minimum atomic E-state index is -0.430. The molecule has 1 aromatic heterocycles. The van der Waals surface area contributed by atoms with Crippen molar-refractivity contribution in [2.24, 2.45) is 10.2 Å². The molecule has 0 fully saturated rings. The van der Waals surface area contributed by atoms with Gasteiger partial charge in [-0.2, -0.15) is 5.11 Å². The summed E-state index contributed by atoms with van der Waals surface area (Å²) in [6.45, 7) is 2.08. The number of aromatic nitrogens is 1. The zero-order chi connectivity index (χ0) is 15.4. The second kappa shape index (κ2) is 6.22. The van der Waals surface area contributed by atoms with Crippen molar-refractivity contribution in [2.45, 2.75) is 6.92 Å². The summed E-state index contributed by atoms with van der Waals surface area (Å²) in [4.78, 5) is 15.1. The molecule has 110 valence electrons. The fourth-order valence-electron chi connectivity index (χ4n) is 2.18. The van der Waals surface area contributed by atoms with Crippen LogP contribution in [0.5, 0.6) is 0 Å². The molecule has 1 N–H and O–H groups in total. The van der Waals surface area contributed by atoms with E-state index in [-0.39, 0.29) is 0 Å². The van der Waals surface area contributed by atoms with Gasteiger partial charge < -0.3 is 9.72 Å². The van der Waals surface area contributed by atoms with Crippen LogP contribution in [0, 0.1) is 0 Å². The molecule has 0 aliphatic rings. The second-order valence-electron chi connectivity index (χ2n) is 4.65. The van der Waals surface area contributed by atoms with E-state index in [4.69, 9.17) is 4.74 Å². The first-order chi connectivity index (χ1) is 10.8. The summed E-state index contributed by atoms with van der Waals surface area (Å²) in [5.74, 6) is -0.430. The van der Waals surface area contributed by atoms with Crippen LogP contribution in [0.1, 0.15) is 17.4 Å². The number of benzene rings is 2. The fourth-order valence-corrected chi connectivity index (χ4v) is 2.18. The van der Waals surface area contributed by atoms with Crippen molar-refractivity contribution in [3.63, 3.8) is 0 Å². The predicted octanol–water partition coefficient (Wildman–Crippen LogP) is 4.76. The van der Waals surface area contributed by atoms with Gasteiger partial charge in [0, 0.05) is 10.9 Å². The number of esters is 1. The third-order valence-corrected chi connectivity index (χ3v) is 3.18. The summed E-state index contributed by atoms with van der Waals surface area (Å²) in [7, 11) is 0. The monoisotopic (exact) mass is 293 g/mol. The first-order valence-corrected chi connectivity index (χ1v) is 7.04. The van der Waals surface area contributed by atoms with Gasteiger partial charge in [0.1, 0.15) is 5.69 Å². The Kier molecular flexibility index (Phi) is 3.96. The van der Waals surface area contributed by atoms with Gasteiger partial charge in [-0.25, -0.2) is 4.79 Å². The van der Waals surface area contributed by atoms with E-state index in [0.717, 1.165) is 16.6 Å². The Hall–Kier alpha value is -2.95. The molecule has 0 aliphatic heterocycles. The predicted molar refractivity (Wildman–Crippen MR) is 84.9 cm³/mol. The number of rotatable bonds is 4. The number of hydrogen-bond acceptors (Lipinski definition) is 4. The molecule has 0 bridgehead atoms. The van der Waals surface area contributed by atoms with Crippen LogP contribution >= 0.6 is 0 Å². The Morgan fingerprint density at radius 1 is 1.05 bits per heavy atom. The first kappa shape index (κ1) is 14.0. The number of H-pyrrole nitrogens is 1. The molecule has 22 heavy (non-hydrogen) atoms. The number of aromatic amines is 1. The number of fused-ring (bicyclic) bond motifs is 1. The average Bonchev–Trinajstić information content (AvgIpc) is 2.93. The maximum Gasteiger partial charge on any atom is 0.357 e. The van der Waals surface area contributed by atoms with Gasteiger partial charge in [0.15, 0.2) is 5.69 Å². The number of para-hydroxylation sites is 1. The summed E-state index contributed by atoms with van der Waals surface area (Å²) in [6.07, 6.45) is 0. The Balaban J connectivity index is 2.07. The molecule has 0 unspecified atom stereocenters. The van der Waals surface area contributed by atoms with E-state index in [1.807, 2.05) is 54.6 Å². The fraction of sp³-hybridized carbons (Fsp3) is 0.118. The maximum atomic E-state index is 12.1. The molecule has 0 amide bonds. The van der Waals surface area contributed by atoms with E-state index in [9.17, 15) is 4.79 Å². The largest absolute Gasteiger partial charge is 0.461 e. The summed E-state index contributed by atoms with van der Waals surface area (Å²) >= 11 is 0. The van der Waals surface area contributed by atoms with Gasteiger partial charge in [0.25, 0.3) is 0 Å². The highest BCUT2D eigenvalue weighted by atomic mass is 16.5. The van der Waals surface area contributed by atoms with E-state index >= 15 is 0 Å². The van der Waals surface area contributed by atoms with Crippen LogP contribution in [-0.2, 0) is 4.74 Å². The molecule has 0 radical (unpaired) electrons. The van der Waals surface area contributed by atoms with Crippen LogP contribution in [0.15, 0.2) is 64.8 Å². The lowest BCUT2D eigenvalue weighted by atomic mass is 10.2. The zero-order valence-electron chi connectivity index (χ0n) is 12.1. The van der Waals surface area contributed by atoms with Gasteiger partial charge in [-0.05, 0) is 25.1 Å². The minimum absolute atomic E-state index is 0.309. The maximum absolute atomic E-state index is 12.1. The molecule has 0 saturated heterocycles. The number of ether oxygens (including phenoxy) is 1. The van der Waals surface area contributed by atoms with E-state index in [1.165, 1.54) is 0 Å². The van der Waals surface area contributed by atoms with Crippen molar-refractivity contribution in [3.8, 4) is 0 Å². The Labute approximate surface area is 127 Å². The van der Waals surface area contributed by atoms with Crippen molar-refractivity contribution in [2.75, 3.05) is 6.61 Å². The first-order valence-electron chi connectivity index (χ1n) is 7.04. The quantitative estimate of drug-likeness (QED) is 0.556. The van der Waals surface area contributed by atoms with Gasteiger partial charge >= 0.3 is 5.97 Å². The minimum Gasteiger partial charge on any atom is -0.461 e. The average molecular weight is 293 g/mol. The third kappa shape index (κ3) is 2.74. The van der Waals surface area contributed by atoms with E-state index < -0.39 is 5.97 Å². The highest BCUT2D eigenvalue weighted by Crippen LogP contribution is 2.32. The van der Waals surface area contributed by atoms with E-state index in [0.29, 0.717) is 18.0 Å². The SMILES string of the molecule is CCOC(=O)c1[nH]c2ccccc2c1N=Nc1ccccc1. The molecule has 0 aliphatic carbocycles. The number of carbonyl (C=O) groups excluding carboxylic acids is 1. The molecule has 2 aromatic carbocycles. The van der Waals surface area contributed by atoms with Crippen LogP contribution in [-0.4, -0.2) is 17.6 Å². The van der Waals surface area contributed by atoms with Crippen LogP contribution in [0.3, 0.4) is 0 Å². The molecular formula is C17H15N3O2. The molecule has 5 nitrogen and oxygen atoms in total. The number of carbonyl (C=O) groups is 1. The smallest absolute Gasteiger partial charge is 0.357 e. The summed E-state index contributed by atoms with van der Waals surface area (Å²) < 4.78 is 5.08. The lowest BCUT2D eigenvalue weighted by molar-refractivity contribution is 0.0521. The Morgan fingerprint density at radius 2 is 1.77 bits per heavy atom. The highest BCUT2D eigenvalue weighted by Gasteiger charge is 2.18. The van der Waals surface area contributed by atoms with Crippen molar-refractivity contribution < 1.29 is 9.53 Å². The molecule has 3 rings (SSSR count). The third-order valence-electron chi connectivity index (χ3n) is 3.18. The van der Waals surface area contributed by atoms with Crippen molar-refractivity contribution in [3.05, 3.63) is 60.3 Å². The van der Waals surface area contributed by atoms with Gasteiger partial charge in [0.2, 0.25) is 0 Å². The molecule has 0 saturated carbocycles. The molecule has 0 atom stereocenters. The van der Waals surface area contributed by atoms with Gasteiger partial charge in [-0.15, -0.1) is 5.11 Å². The number of nitrogens with one attached hydrogen (secondary N) is 1. The van der Waals surface area contributed by atoms with Crippen LogP contribution in [0.2, 0.25) is 0 Å². The number of hydrogen-bond donors (Lipinski definition) is 1. The zero-order valence-corrected chi connectivity index (χ0v) is 12.1. The van der Waals surface area contributed by atoms with E-state index in [2.05, 4.69) is 15.2 Å². The van der Waals surface area contributed by atoms with Gasteiger partial charge in [-0.1, -0.05) is 36.4 Å². The molecule has 3 aromatic rings. The van der Waals surface area contributed by atoms with Crippen LogP contribution in [0.4, 0.5) is 11.4 Å². The highest BCUT2D eigenvalue weighted by molar-refractivity contribution is 6.04. The molecule has 1 heterocycles. The summed E-state index contributed by atoms with van der Waals surface area (Å²) in [5.41, 5.74) is 2.37. The summed E-state index contributed by atoms with van der Waals surface area (Å²) in [6, 6.07) is 17.0. The Bertz CT molecular complexity index is 822. The Morgan fingerprint density at radius 3 is 2.55 bits per heavy atom. The second-order valence-corrected chi connectivity index (χ2v) is 4.65. The van der Waals surface area contributed by atoms with Crippen LogP contribution in [0.25, 0.3) is 10.9 Å². The van der Waals surface area contributed by atoms with Crippen molar-refractivity contribution >= 4 is 28.2 Å². The lowest BCUT2D eigenvalue weighted by Gasteiger charge is -2.00. The van der Waals surface area contributed by atoms with Gasteiger partial charge in [-0.3, -0.25) is 0 Å². The summed E-state index contributed by atoms with van der Waals surface area (Å²) in [5, 5.41) is 9.30. The lowest BCUT2D eigenvalue weighted by Crippen LogP contribution is -2.04. The molecule has 5 heteroatoms. The van der Waals surface area contributed by atoms with Crippen molar-refractivity contribution in [1.82, 2.24) is 4.98 Å².